The van der Waals surface area contributed by atoms with Crippen molar-refractivity contribution in [2.75, 3.05) is 33.0 Å². The van der Waals surface area contributed by atoms with Gasteiger partial charge in [0.1, 0.15) is 0 Å². The van der Waals surface area contributed by atoms with E-state index in [1.807, 2.05) is 6.92 Å². The highest BCUT2D eigenvalue weighted by Gasteiger charge is 2.21. The predicted molar refractivity (Wildman–Crippen MR) is 41.7 cm³/mol. The van der Waals surface area contributed by atoms with Crippen LogP contribution in [0.5, 0.6) is 0 Å². The average molecular weight is 160 g/mol. The zero-order valence-electron chi connectivity index (χ0n) is 7.04. The zero-order valence-corrected chi connectivity index (χ0v) is 7.04. The number of rotatable bonds is 7. The summed E-state index contributed by atoms with van der Waals surface area (Å²) in [6.07, 6.45) is 1.52. The molecule has 0 radical (unpaired) electrons. The summed E-state index contributed by atoms with van der Waals surface area (Å²) in [6.45, 7) is 5.91. The van der Waals surface area contributed by atoms with Gasteiger partial charge < -0.3 is 14.2 Å². The van der Waals surface area contributed by atoms with Crippen molar-refractivity contribution in [2.24, 2.45) is 0 Å². The number of epoxide rings is 1. The molecule has 0 aromatic rings. The third-order valence-electron chi connectivity index (χ3n) is 1.56. The third kappa shape index (κ3) is 5.18. The van der Waals surface area contributed by atoms with Gasteiger partial charge in [0.15, 0.2) is 0 Å². The Morgan fingerprint density at radius 1 is 1.27 bits per heavy atom. The zero-order chi connectivity index (χ0) is 7.94. The summed E-state index contributed by atoms with van der Waals surface area (Å²) >= 11 is 0. The molecule has 66 valence electrons. The summed E-state index contributed by atoms with van der Waals surface area (Å²) in [4.78, 5) is 0. The molecule has 11 heavy (non-hydrogen) atoms. The van der Waals surface area contributed by atoms with Gasteiger partial charge in [-0.1, -0.05) is 0 Å². The normalized spacial score (nSPS) is 22.1. The highest BCUT2D eigenvalue weighted by Crippen LogP contribution is 2.12. The van der Waals surface area contributed by atoms with E-state index in [4.69, 9.17) is 14.2 Å². The van der Waals surface area contributed by atoms with Crippen LogP contribution in [0.25, 0.3) is 0 Å². The Bertz CT molecular complexity index is 91.3. The minimum Gasteiger partial charge on any atom is -0.379 e. The van der Waals surface area contributed by atoms with Crippen LogP contribution in [0.4, 0.5) is 0 Å². The van der Waals surface area contributed by atoms with Gasteiger partial charge in [-0.2, -0.15) is 0 Å². The Labute approximate surface area is 67.6 Å². The lowest BCUT2D eigenvalue weighted by molar-refractivity contribution is 0.0499. The second kappa shape index (κ2) is 5.52. The first-order valence-corrected chi connectivity index (χ1v) is 4.20. The van der Waals surface area contributed by atoms with Crippen molar-refractivity contribution in [2.45, 2.75) is 19.4 Å². The van der Waals surface area contributed by atoms with Crippen LogP contribution in [-0.2, 0) is 14.2 Å². The second-order valence-electron chi connectivity index (χ2n) is 2.55. The summed E-state index contributed by atoms with van der Waals surface area (Å²) in [5.74, 6) is 0. The first-order chi connectivity index (χ1) is 5.43. The van der Waals surface area contributed by atoms with Crippen molar-refractivity contribution < 1.29 is 14.2 Å². The van der Waals surface area contributed by atoms with Crippen molar-refractivity contribution in [1.82, 2.24) is 0 Å². The molecule has 0 N–H and O–H groups in total. The second-order valence-corrected chi connectivity index (χ2v) is 2.55. The Hall–Kier alpha value is -0.120. The van der Waals surface area contributed by atoms with E-state index in [-0.39, 0.29) is 0 Å². The lowest BCUT2D eigenvalue weighted by Gasteiger charge is -2.01. The maximum atomic E-state index is 5.28. The minimum atomic E-state index is 0.488. The Morgan fingerprint density at radius 2 is 2.00 bits per heavy atom. The molecule has 1 aliphatic heterocycles. The predicted octanol–water partition coefficient (Wildman–Crippen LogP) is 0.828. The number of hydrogen-bond acceptors (Lipinski definition) is 3. The van der Waals surface area contributed by atoms with Crippen molar-refractivity contribution in [3.63, 3.8) is 0 Å². The molecular formula is C8H16O3. The SMILES string of the molecule is CCOCCOCCC1CO1. The fraction of sp³-hybridized carbons (Fsp3) is 1.00. The standard InChI is InChI=1S/C8H16O3/c1-2-9-5-6-10-4-3-8-7-11-8/h8H,2-7H2,1H3. The molecule has 0 bridgehead atoms. The maximum Gasteiger partial charge on any atom is 0.0831 e. The van der Waals surface area contributed by atoms with E-state index in [1.165, 1.54) is 0 Å². The molecule has 1 fully saturated rings. The molecular weight excluding hydrogens is 144 g/mol. The van der Waals surface area contributed by atoms with Crippen LogP contribution in [0, 0.1) is 0 Å². The molecule has 0 amide bonds. The summed E-state index contributed by atoms with van der Waals surface area (Å²) in [6, 6.07) is 0. The molecule has 0 spiro atoms. The van der Waals surface area contributed by atoms with Gasteiger partial charge in [0.2, 0.25) is 0 Å². The van der Waals surface area contributed by atoms with E-state index >= 15 is 0 Å². The molecule has 0 aliphatic carbocycles. The van der Waals surface area contributed by atoms with Gasteiger partial charge in [-0.05, 0) is 13.3 Å². The Kier molecular flexibility index (Phi) is 4.50. The number of hydrogen-bond donors (Lipinski definition) is 0. The number of ether oxygens (including phenoxy) is 3. The fourth-order valence-corrected chi connectivity index (χ4v) is 0.814. The van der Waals surface area contributed by atoms with Crippen LogP contribution in [0.3, 0.4) is 0 Å². The lowest BCUT2D eigenvalue weighted by Crippen LogP contribution is -2.06. The van der Waals surface area contributed by atoms with Gasteiger partial charge in [-0.15, -0.1) is 0 Å². The molecule has 0 aromatic heterocycles. The summed E-state index contributed by atoms with van der Waals surface area (Å²) in [5, 5.41) is 0. The molecule has 0 aromatic carbocycles. The van der Waals surface area contributed by atoms with E-state index < -0.39 is 0 Å². The van der Waals surface area contributed by atoms with Gasteiger partial charge in [-0.25, -0.2) is 0 Å². The largest absolute Gasteiger partial charge is 0.379 e. The smallest absolute Gasteiger partial charge is 0.0831 e. The topological polar surface area (TPSA) is 31.0 Å². The van der Waals surface area contributed by atoms with E-state index in [9.17, 15) is 0 Å². The van der Waals surface area contributed by atoms with E-state index in [2.05, 4.69) is 0 Å². The Balaban J connectivity index is 1.66. The average Bonchev–Trinajstić information content (AvgIpc) is 2.80. The highest BCUT2D eigenvalue weighted by atomic mass is 16.6. The van der Waals surface area contributed by atoms with Crippen molar-refractivity contribution >= 4 is 0 Å². The first-order valence-electron chi connectivity index (χ1n) is 4.20. The van der Waals surface area contributed by atoms with Gasteiger partial charge in [0, 0.05) is 13.2 Å². The van der Waals surface area contributed by atoms with E-state index in [0.29, 0.717) is 19.3 Å². The molecule has 1 atom stereocenters. The fourth-order valence-electron chi connectivity index (χ4n) is 0.814. The lowest BCUT2D eigenvalue weighted by atomic mass is 10.3. The third-order valence-corrected chi connectivity index (χ3v) is 1.56. The Morgan fingerprint density at radius 3 is 2.64 bits per heavy atom. The van der Waals surface area contributed by atoms with Gasteiger partial charge in [-0.3, -0.25) is 0 Å². The van der Waals surface area contributed by atoms with Gasteiger partial charge >= 0.3 is 0 Å². The quantitative estimate of drug-likeness (QED) is 0.408. The molecule has 0 saturated carbocycles. The summed E-state index contributed by atoms with van der Waals surface area (Å²) < 4.78 is 15.4. The van der Waals surface area contributed by atoms with Crippen molar-refractivity contribution in [3.05, 3.63) is 0 Å². The maximum absolute atomic E-state index is 5.28. The van der Waals surface area contributed by atoms with Crippen LogP contribution in [0.15, 0.2) is 0 Å². The van der Waals surface area contributed by atoms with Crippen molar-refractivity contribution in [1.29, 1.82) is 0 Å². The highest BCUT2D eigenvalue weighted by molar-refractivity contribution is 4.67. The van der Waals surface area contributed by atoms with E-state index in [1.54, 1.807) is 0 Å². The van der Waals surface area contributed by atoms with Crippen molar-refractivity contribution in [3.8, 4) is 0 Å². The summed E-state index contributed by atoms with van der Waals surface area (Å²) in [5.41, 5.74) is 0. The van der Waals surface area contributed by atoms with Crippen LogP contribution in [-0.4, -0.2) is 39.1 Å². The summed E-state index contributed by atoms with van der Waals surface area (Å²) in [7, 11) is 0. The molecule has 3 heteroatoms. The molecule has 1 unspecified atom stereocenters. The molecule has 1 rings (SSSR count). The monoisotopic (exact) mass is 160 g/mol. The molecule has 1 saturated heterocycles. The minimum absolute atomic E-state index is 0.488. The van der Waals surface area contributed by atoms with Gasteiger partial charge in [0.05, 0.1) is 25.9 Å². The molecule has 1 aliphatic rings. The van der Waals surface area contributed by atoms with Crippen LogP contribution in [0.2, 0.25) is 0 Å². The van der Waals surface area contributed by atoms with Crippen LogP contribution in [0.1, 0.15) is 13.3 Å². The van der Waals surface area contributed by atoms with E-state index in [0.717, 1.165) is 26.2 Å². The molecule has 1 heterocycles. The molecule has 3 nitrogen and oxygen atoms in total. The van der Waals surface area contributed by atoms with Crippen LogP contribution < -0.4 is 0 Å². The van der Waals surface area contributed by atoms with Crippen LogP contribution >= 0.6 is 0 Å². The van der Waals surface area contributed by atoms with Gasteiger partial charge in [0.25, 0.3) is 0 Å². The first kappa shape index (κ1) is 8.97.